The molecule has 11 heavy (non-hydrogen) atoms. The van der Waals surface area contributed by atoms with Crippen LogP contribution >= 0.6 is 12.0 Å². The van der Waals surface area contributed by atoms with Gasteiger partial charge in [0.25, 0.3) is 0 Å². The van der Waals surface area contributed by atoms with Crippen LogP contribution in [0, 0.1) is 0 Å². The van der Waals surface area contributed by atoms with E-state index in [0.717, 1.165) is 12.0 Å². The summed E-state index contributed by atoms with van der Waals surface area (Å²) in [5.41, 5.74) is 0. The van der Waals surface area contributed by atoms with Crippen molar-refractivity contribution in [3.63, 3.8) is 0 Å². The van der Waals surface area contributed by atoms with Gasteiger partial charge in [-0.15, -0.1) is 0 Å². The number of hydrogen-bond acceptors (Lipinski definition) is 2. The maximum absolute atomic E-state index is 9.02. The van der Waals surface area contributed by atoms with E-state index < -0.39 is 0 Å². The molecular formula is C8H14BOS. The van der Waals surface area contributed by atoms with E-state index in [1.807, 2.05) is 52.3 Å². The van der Waals surface area contributed by atoms with Crippen molar-refractivity contribution in [1.82, 2.24) is 0 Å². The molecule has 61 valence electrons. The fourth-order valence-electron chi connectivity index (χ4n) is 0.883. The Morgan fingerprint density at radius 1 is 1.27 bits per heavy atom. The van der Waals surface area contributed by atoms with Crippen molar-refractivity contribution >= 4 is 19.3 Å². The Hall–Kier alpha value is -0.145. The lowest BCUT2D eigenvalue weighted by Crippen LogP contribution is -2.24. The summed E-state index contributed by atoms with van der Waals surface area (Å²) in [6.07, 6.45) is 7.78. The molecule has 0 aromatic heterocycles. The van der Waals surface area contributed by atoms with Crippen molar-refractivity contribution in [2.24, 2.45) is 0 Å². The van der Waals surface area contributed by atoms with Gasteiger partial charge in [0.1, 0.15) is 7.28 Å². The SMILES string of the molecule is C[B]C(C=CC)(C=CC)SO. The average Bonchev–Trinajstić information content (AvgIpc) is 2.04. The molecule has 0 rings (SSSR count). The smallest absolute Gasteiger partial charge is 0.141 e. The normalized spacial score (nSPS) is 17.5. The molecule has 0 atom stereocenters. The molecule has 1 radical (unpaired) electrons. The van der Waals surface area contributed by atoms with E-state index in [1.165, 1.54) is 0 Å². The van der Waals surface area contributed by atoms with E-state index in [0.29, 0.717) is 0 Å². The van der Waals surface area contributed by atoms with Crippen LogP contribution in [0.3, 0.4) is 0 Å². The molecule has 0 aromatic carbocycles. The lowest BCUT2D eigenvalue weighted by atomic mass is 9.65. The third-order valence-corrected chi connectivity index (χ3v) is 2.29. The van der Waals surface area contributed by atoms with Crippen LogP contribution in [0.4, 0.5) is 0 Å². The summed E-state index contributed by atoms with van der Waals surface area (Å²) in [7, 11) is 1.96. The van der Waals surface area contributed by atoms with Gasteiger partial charge in [0.05, 0.1) is 0 Å². The number of rotatable bonds is 4. The van der Waals surface area contributed by atoms with Crippen LogP contribution in [-0.2, 0) is 0 Å². The summed E-state index contributed by atoms with van der Waals surface area (Å²) in [4.78, 5) is 0. The third kappa shape index (κ3) is 3.17. The molecule has 0 amide bonds. The van der Waals surface area contributed by atoms with E-state index in [2.05, 4.69) is 0 Å². The Balaban J connectivity index is 4.45. The lowest BCUT2D eigenvalue weighted by Gasteiger charge is -2.20. The van der Waals surface area contributed by atoms with Crippen molar-refractivity contribution in [2.75, 3.05) is 0 Å². The monoisotopic (exact) mass is 169 g/mol. The van der Waals surface area contributed by atoms with Crippen LogP contribution < -0.4 is 0 Å². The van der Waals surface area contributed by atoms with Gasteiger partial charge in [0.2, 0.25) is 0 Å². The molecule has 0 heterocycles. The first-order valence-electron chi connectivity index (χ1n) is 3.65. The summed E-state index contributed by atoms with van der Waals surface area (Å²) < 4.78 is 8.69. The fraction of sp³-hybridized carbons (Fsp3) is 0.500. The maximum atomic E-state index is 9.02. The van der Waals surface area contributed by atoms with Crippen LogP contribution in [-0.4, -0.2) is 16.5 Å². The molecule has 0 aliphatic heterocycles. The summed E-state index contributed by atoms with van der Waals surface area (Å²) in [5.74, 6) is 0. The van der Waals surface area contributed by atoms with E-state index in [9.17, 15) is 0 Å². The Morgan fingerprint density at radius 3 is 1.91 bits per heavy atom. The van der Waals surface area contributed by atoms with Crippen LogP contribution in [0.25, 0.3) is 0 Å². The fourth-order valence-corrected chi connectivity index (χ4v) is 1.38. The highest BCUT2D eigenvalue weighted by Gasteiger charge is 2.21. The first kappa shape index (κ1) is 10.9. The van der Waals surface area contributed by atoms with E-state index in [4.69, 9.17) is 4.55 Å². The topological polar surface area (TPSA) is 20.2 Å². The minimum atomic E-state index is -0.330. The zero-order valence-electron chi connectivity index (χ0n) is 7.24. The first-order chi connectivity index (χ1) is 5.24. The molecule has 0 aliphatic carbocycles. The molecule has 3 heteroatoms. The second-order valence-corrected chi connectivity index (χ2v) is 3.12. The number of hydrogen-bond donors (Lipinski definition) is 1. The summed E-state index contributed by atoms with van der Waals surface area (Å²) >= 11 is 0.837. The first-order valence-corrected chi connectivity index (χ1v) is 4.42. The van der Waals surface area contributed by atoms with E-state index in [-0.39, 0.29) is 4.65 Å². The van der Waals surface area contributed by atoms with Crippen LogP contribution in [0.2, 0.25) is 6.82 Å². The molecular weight excluding hydrogens is 155 g/mol. The number of allylic oxidation sites excluding steroid dienone is 2. The van der Waals surface area contributed by atoms with Gasteiger partial charge >= 0.3 is 0 Å². The standard InChI is InChI=1S/C8H14BOS/c1-4-6-8(9-3,11-10)7-5-2/h4-7,10H,1-3H3. The molecule has 0 saturated carbocycles. The van der Waals surface area contributed by atoms with Gasteiger partial charge < -0.3 is 4.55 Å². The van der Waals surface area contributed by atoms with Crippen molar-refractivity contribution in [1.29, 1.82) is 0 Å². The zero-order valence-corrected chi connectivity index (χ0v) is 8.06. The Kier molecular flexibility index (Phi) is 5.43. The minimum absolute atomic E-state index is 0.330. The molecule has 0 bridgehead atoms. The van der Waals surface area contributed by atoms with Crippen molar-refractivity contribution < 1.29 is 4.55 Å². The maximum Gasteiger partial charge on any atom is 0.141 e. The highest BCUT2D eigenvalue weighted by atomic mass is 32.2. The zero-order chi connectivity index (χ0) is 8.74. The summed E-state index contributed by atoms with van der Waals surface area (Å²) in [5, 5.41) is 0. The van der Waals surface area contributed by atoms with Crippen LogP contribution in [0.15, 0.2) is 24.3 Å². The predicted molar refractivity (Wildman–Crippen MR) is 54.2 cm³/mol. The second kappa shape index (κ2) is 5.50. The molecule has 0 spiro atoms. The highest BCUT2D eigenvalue weighted by Crippen LogP contribution is 2.24. The van der Waals surface area contributed by atoms with Crippen molar-refractivity contribution in [2.45, 2.75) is 25.3 Å². The van der Waals surface area contributed by atoms with Gasteiger partial charge in [-0.3, -0.25) is 0 Å². The van der Waals surface area contributed by atoms with E-state index >= 15 is 0 Å². The third-order valence-electron chi connectivity index (χ3n) is 1.46. The molecule has 0 saturated heterocycles. The van der Waals surface area contributed by atoms with Crippen molar-refractivity contribution in [3.05, 3.63) is 24.3 Å². The molecule has 1 N–H and O–H groups in total. The Labute approximate surface area is 74.0 Å². The molecule has 0 aromatic rings. The highest BCUT2D eigenvalue weighted by molar-refractivity contribution is 7.97. The van der Waals surface area contributed by atoms with Gasteiger partial charge in [0.15, 0.2) is 0 Å². The van der Waals surface area contributed by atoms with Gasteiger partial charge in [-0.25, -0.2) is 0 Å². The van der Waals surface area contributed by atoms with Gasteiger partial charge in [-0.2, -0.15) is 0 Å². The molecule has 0 unspecified atom stereocenters. The van der Waals surface area contributed by atoms with Crippen molar-refractivity contribution in [3.8, 4) is 0 Å². The van der Waals surface area contributed by atoms with Crippen LogP contribution in [0.1, 0.15) is 13.8 Å². The van der Waals surface area contributed by atoms with Gasteiger partial charge in [0, 0.05) is 4.65 Å². The van der Waals surface area contributed by atoms with E-state index in [1.54, 1.807) is 0 Å². The van der Waals surface area contributed by atoms with Crippen LogP contribution in [0.5, 0.6) is 0 Å². The summed E-state index contributed by atoms with van der Waals surface area (Å²) in [6, 6.07) is 0. The Morgan fingerprint density at radius 2 is 1.73 bits per heavy atom. The largest absolute Gasteiger partial charge is 0.330 e. The minimum Gasteiger partial charge on any atom is -0.330 e. The van der Waals surface area contributed by atoms with Gasteiger partial charge in [-0.05, 0) is 25.9 Å². The molecule has 0 fully saturated rings. The Bertz CT molecular complexity index is 136. The lowest BCUT2D eigenvalue weighted by molar-refractivity contribution is 0.658. The predicted octanol–water partition coefficient (Wildman–Crippen LogP) is 2.79. The second-order valence-electron chi connectivity index (χ2n) is 2.23. The average molecular weight is 169 g/mol. The van der Waals surface area contributed by atoms with Gasteiger partial charge in [-0.1, -0.05) is 31.1 Å². The summed E-state index contributed by atoms with van der Waals surface area (Å²) in [6.45, 7) is 5.82. The molecule has 0 aliphatic rings. The quantitative estimate of drug-likeness (QED) is 0.396. The molecule has 1 nitrogen and oxygen atoms in total.